The summed E-state index contributed by atoms with van der Waals surface area (Å²) in [5.41, 5.74) is 2.96. The maximum Gasteiger partial charge on any atom is 0.272 e. The fraction of sp³-hybridized carbons (Fsp3) is 0.250. The van der Waals surface area contributed by atoms with Gasteiger partial charge in [-0.3, -0.25) is 4.79 Å². The van der Waals surface area contributed by atoms with Gasteiger partial charge in [-0.1, -0.05) is 12.1 Å². The van der Waals surface area contributed by atoms with E-state index < -0.39 is 0 Å². The van der Waals surface area contributed by atoms with Crippen molar-refractivity contribution in [2.75, 3.05) is 12.4 Å². The second kappa shape index (κ2) is 6.89. The zero-order valence-electron chi connectivity index (χ0n) is 14.8. The van der Waals surface area contributed by atoms with Gasteiger partial charge >= 0.3 is 0 Å². The lowest BCUT2D eigenvalue weighted by molar-refractivity contribution is 0.102. The third-order valence-electron chi connectivity index (χ3n) is 3.99. The number of fused-ring (bicyclic) bond motifs is 1. The molecule has 3 rings (SSSR count). The van der Waals surface area contributed by atoms with E-state index in [1.54, 1.807) is 7.11 Å². The molecule has 25 heavy (non-hydrogen) atoms. The number of hydrogen-bond acceptors (Lipinski definition) is 3. The number of H-pyrrole nitrogens is 1. The van der Waals surface area contributed by atoms with Crippen molar-refractivity contribution >= 4 is 22.5 Å². The molecule has 3 aromatic rings. The maximum atomic E-state index is 12.8. The molecule has 5 nitrogen and oxygen atoms in total. The van der Waals surface area contributed by atoms with Crippen molar-refractivity contribution in [1.82, 2.24) is 4.98 Å². The lowest BCUT2D eigenvalue weighted by atomic mass is 10.1. The second-order valence-corrected chi connectivity index (χ2v) is 6.15. The average molecular weight is 338 g/mol. The molecule has 1 aromatic heterocycles. The van der Waals surface area contributed by atoms with Gasteiger partial charge in [-0.2, -0.15) is 0 Å². The monoisotopic (exact) mass is 338 g/mol. The molecule has 0 bridgehead atoms. The Bertz CT molecular complexity index is 912. The lowest BCUT2D eigenvalue weighted by Crippen LogP contribution is -2.15. The number of para-hydroxylation sites is 2. The van der Waals surface area contributed by atoms with Crippen LogP contribution in [-0.2, 0) is 0 Å². The quantitative estimate of drug-likeness (QED) is 0.719. The van der Waals surface area contributed by atoms with Crippen LogP contribution in [0.15, 0.2) is 42.5 Å². The second-order valence-electron chi connectivity index (χ2n) is 6.15. The summed E-state index contributed by atoms with van der Waals surface area (Å²) in [6, 6.07) is 13.1. The zero-order valence-corrected chi connectivity index (χ0v) is 14.8. The Morgan fingerprint density at radius 2 is 1.92 bits per heavy atom. The van der Waals surface area contributed by atoms with Gasteiger partial charge in [0.05, 0.1) is 18.9 Å². The number of anilines is 1. The number of nitrogens with one attached hydrogen (secondary N) is 2. The molecule has 0 unspecified atom stereocenters. The SMILES string of the molecule is COc1ccc2[nH]c(C(=O)Nc3ccccc3OC(C)C)c(C)c2c1. The lowest BCUT2D eigenvalue weighted by Gasteiger charge is -2.14. The number of ether oxygens (including phenoxy) is 2. The van der Waals surface area contributed by atoms with E-state index in [1.807, 2.05) is 63.2 Å². The molecule has 0 fully saturated rings. The molecular formula is C20H22N2O3. The van der Waals surface area contributed by atoms with Gasteiger partial charge in [0.15, 0.2) is 0 Å². The first-order valence-electron chi connectivity index (χ1n) is 8.23. The van der Waals surface area contributed by atoms with Crippen LogP contribution in [0.2, 0.25) is 0 Å². The smallest absolute Gasteiger partial charge is 0.272 e. The highest BCUT2D eigenvalue weighted by Crippen LogP contribution is 2.28. The molecule has 0 spiro atoms. The van der Waals surface area contributed by atoms with Crippen molar-refractivity contribution in [2.45, 2.75) is 26.9 Å². The molecule has 0 aliphatic heterocycles. The number of amides is 1. The number of aryl methyl sites for hydroxylation is 1. The molecule has 2 N–H and O–H groups in total. The topological polar surface area (TPSA) is 63.4 Å². The van der Waals surface area contributed by atoms with Crippen molar-refractivity contribution in [2.24, 2.45) is 0 Å². The maximum absolute atomic E-state index is 12.8. The van der Waals surface area contributed by atoms with Crippen LogP contribution in [0.5, 0.6) is 11.5 Å². The van der Waals surface area contributed by atoms with Crippen LogP contribution >= 0.6 is 0 Å². The molecule has 1 amide bonds. The van der Waals surface area contributed by atoms with Gasteiger partial charge in [0.1, 0.15) is 17.2 Å². The predicted molar refractivity (Wildman–Crippen MR) is 99.7 cm³/mol. The molecule has 1 heterocycles. The van der Waals surface area contributed by atoms with Crippen molar-refractivity contribution in [3.8, 4) is 11.5 Å². The Kier molecular flexibility index (Phi) is 4.65. The van der Waals surface area contributed by atoms with Crippen molar-refractivity contribution < 1.29 is 14.3 Å². The zero-order chi connectivity index (χ0) is 18.0. The predicted octanol–water partition coefficient (Wildman–Crippen LogP) is 4.52. The Morgan fingerprint density at radius 1 is 1.16 bits per heavy atom. The van der Waals surface area contributed by atoms with Gasteiger partial charge in [-0.15, -0.1) is 0 Å². The number of rotatable bonds is 5. The Labute approximate surface area is 147 Å². The summed E-state index contributed by atoms with van der Waals surface area (Å²) in [4.78, 5) is 16.0. The first-order valence-corrected chi connectivity index (χ1v) is 8.23. The number of aromatic amines is 1. The van der Waals surface area contributed by atoms with Crippen LogP contribution in [0.25, 0.3) is 10.9 Å². The molecule has 0 saturated heterocycles. The number of aromatic nitrogens is 1. The van der Waals surface area contributed by atoms with Gasteiger partial charge < -0.3 is 19.8 Å². The summed E-state index contributed by atoms with van der Waals surface area (Å²) in [5, 5.41) is 3.90. The fourth-order valence-electron chi connectivity index (χ4n) is 2.77. The van der Waals surface area contributed by atoms with E-state index in [4.69, 9.17) is 9.47 Å². The highest BCUT2D eigenvalue weighted by Gasteiger charge is 2.17. The van der Waals surface area contributed by atoms with Crippen LogP contribution in [0.4, 0.5) is 5.69 Å². The van der Waals surface area contributed by atoms with E-state index in [0.29, 0.717) is 17.1 Å². The van der Waals surface area contributed by atoms with E-state index in [0.717, 1.165) is 22.2 Å². The molecule has 0 saturated carbocycles. The standard InChI is InChI=1S/C20H22N2O3/c1-12(2)25-18-8-6-5-7-17(18)22-20(23)19-13(3)15-11-14(24-4)9-10-16(15)21-19/h5-12,21H,1-4H3,(H,22,23). The minimum atomic E-state index is -0.201. The van der Waals surface area contributed by atoms with E-state index in [9.17, 15) is 4.79 Å². The number of carbonyl (C=O) groups excluding carboxylic acids is 1. The van der Waals surface area contributed by atoms with Gasteiger partial charge in [0, 0.05) is 10.9 Å². The van der Waals surface area contributed by atoms with Gasteiger partial charge in [0.2, 0.25) is 0 Å². The van der Waals surface area contributed by atoms with E-state index in [-0.39, 0.29) is 12.0 Å². The number of hydrogen-bond donors (Lipinski definition) is 2. The summed E-state index contributed by atoms with van der Waals surface area (Å²) in [7, 11) is 1.63. The molecule has 0 aliphatic rings. The first kappa shape index (κ1) is 16.9. The van der Waals surface area contributed by atoms with E-state index in [1.165, 1.54) is 0 Å². The molecule has 2 aromatic carbocycles. The van der Waals surface area contributed by atoms with Crippen LogP contribution in [-0.4, -0.2) is 24.1 Å². The van der Waals surface area contributed by atoms with E-state index >= 15 is 0 Å². The molecule has 0 aliphatic carbocycles. The summed E-state index contributed by atoms with van der Waals surface area (Å²) < 4.78 is 11.0. The highest BCUT2D eigenvalue weighted by molar-refractivity contribution is 6.08. The molecule has 130 valence electrons. The van der Waals surface area contributed by atoms with Crippen LogP contribution in [0, 0.1) is 6.92 Å². The number of methoxy groups -OCH3 is 1. The fourth-order valence-corrected chi connectivity index (χ4v) is 2.77. The summed E-state index contributed by atoms with van der Waals surface area (Å²) in [5.74, 6) is 1.21. The number of carbonyl (C=O) groups is 1. The third-order valence-corrected chi connectivity index (χ3v) is 3.99. The highest BCUT2D eigenvalue weighted by atomic mass is 16.5. The Hall–Kier alpha value is -2.95. The molecule has 5 heteroatoms. The van der Waals surface area contributed by atoms with Crippen molar-refractivity contribution in [3.63, 3.8) is 0 Å². The van der Waals surface area contributed by atoms with E-state index in [2.05, 4.69) is 10.3 Å². The largest absolute Gasteiger partial charge is 0.497 e. The van der Waals surface area contributed by atoms with Gasteiger partial charge in [0.25, 0.3) is 5.91 Å². The van der Waals surface area contributed by atoms with Crippen LogP contribution < -0.4 is 14.8 Å². The van der Waals surface area contributed by atoms with Crippen LogP contribution in [0.3, 0.4) is 0 Å². The van der Waals surface area contributed by atoms with Crippen molar-refractivity contribution in [3.05, 3.63) is 53.7 Å². The minimum absolute atomic E-state index is 0.0281. The normalized spacial score (nSPS) is 10.9. The average Bonchev–Trinajstić information content (AvgIpc) is 2.92. The Balaban J connectivity index is 1.92. The summed E-state index contributed by atoms with van der Waals surface area (Å²) in [6.07, 6.45) is 0.0281. The summed E-state index contributed by atoms with van der Waals surface area (Å²) >= 11 is 0. The number of benzene rings is 2. The molecule has 0 radical (unpaired) electrons. The first-order chi connectivity index (χ1) is 12.0. The van der Waals surface area contributed by atoms with Crippen LogP contribution in [0.1, 0.15) is 29.9 Å². The third kappa shape index (κ3) is 3.45. The minimum Gasteiger partial charge on any atom is -0.497 e. The summed E-state index contributed by atoms with van der Waals surface area (Å²) in [6.45, 7) is 5.82. The molecule has 0 atom stereocenters. The molecular weight excluding hydrogens is 316 g/mol. The van der Waals surface area contributed by atoms with Gasteiger partial charge in [-0.05, 0) is 56.7 Å². The Morgan fingerprint density at radius 3 is 2.64 bits per heavy atom. The van der Waals surface area contributed by atoms with Gasteiger partial charge in [-0.25, -0.2) is 0 Å². The van der Waals surface area contributed by atoms with Crippen molar-refractivity contribution in [1.29, 1.82) is 0 Å².